The lowest BCUT2D eigenvalue weighted by atomic mass is 10.0. The first-order chi connectivity index (χ1) is 28.3. The lowest BCUT2D eigenvalue weighted by molar-refractivity contribution is -0.149. The lowest BCUT2D eigenvalue weighted by Crippen LogP contribution is -2.36. The maximum Gasteiger partial charge on any atom is 0.481 e. The second-order valence-corrected chi connectivity index (χ2v) is 19.8. The third-order valence-corrected chi connectivity index (χ3v) is 14.0. The van der Waals surface area contributed by atoms with E-state index in [1.807, 2.05) is 0 Å². The number of phosphoric ester groups is 2. The van der Waals surface area contributed by atoms with Crippen LogP contribution in [-0.2, 0) is 36.8 Å². The molecular formula is C40H75N3O13P2S. The number of carbonyl (C=O) groups excluding carboxylic acids is 1. The molecule has 7 atom stereocenters. The molecule has 0 radical (unpaired) electrons. The van der Waals surface area contributed by atoms with Gasteiger partial charge in [0, 0.05) is 18.4 Å². The van der Waals surface area contributed by atoms with E-state index in [9.17, 15) is 38.7 Å². The van der Waals surface area contributed by atoms with Crippen LogP contribution in [0.5, 0.6) is 0 Å². The molecule has 2 rings (SSSR count). The van der Waals surface area contributed by atoms with Crippen LogP contribution in [0.25, 0.3) is 0 Å². The van der Waals surface area contributed by atoms with Gasteiger partial charge in [0.2, 0.25) is 0 Å². The van der Waals surface area contributed by atoms with Gasteiger partial charge in [-0.3, -0.25) is 18.4 Å². The third-order valence-electron chi connectivity index (χ3n) is 10.2. The zero-order valence-corrected chi connectivity index (χ0v) is 38.2. The highest BCUT2D eigenvalue weighted by Gasteiger charge is 2.46. The highest BCUT2D eigenvalue weighted by Crippen LogP contribution is 2.60. The van der Waals surface area contributed by atoms with Gasteiger partial charge in [-0.15, -0.1) is 0 Å². The minimum absolute atomic E-state index is 0.0780. The molecule has 0 aromatic carbocycles. The second-order valence-electron chi connectivity index (χ2n) is 15.6. The monoisotopic (exact) mass is 899 g/mol. The second kappa shape index (κ2) is 31.5. The number of phosphoric acid groups is 2. The summed E-state index contributed by atoms with van der Waals surface area (Å²) in [5, 5.41) is 20.8. The van der Waals surface area contributed by atoms with Crippen molar-refractivity contribution < 1.29 is 56.8 Å². The summed E-state index contributed by atoms with van der Waals surface area (Å²) in [7, 11) is -10.6. The zero-order chi connectivity index (χ0) is 43.4. The first kappa shape index (κ1) is 53.8. The number of carbonyl (C=O) groups is 1. The molecule has 6 N–H and O–H groups in total. The van der Waals surface area contributed by atoms with Crippen LogP contribution < -0.4 is 11.4 Å². The summed E-state index contributed by atoms with van der Waals surface area (Å²) in [6, 6.07) is 1.27. The molecule has 0 amide bonds. The highest BCUT2D eigenvalue weighted by molar-refractivity contribution is 7.99. The van der Waals surface area contributed by atoms with Gasteiger partial charge in [0.15, 0.2) is 6.23 Å². The Bertz CT molecular complexity index is 1430. The summed E-state index contributed by atoms with van der Waals surface area (Å²) in [6.07, 6.45) is 21.6. The summed E-state index contributed by atoms with van der Waals surface area (Å²) >= 11 is 1.53. The average molecular weight is 900 g/mol. The Labute approximate surface area is 356 Å². The topological polar surface area (TPSA) is 239 Å². The Morgan fingerprint density at radius 1 is 0.797 bits per heavy atom. The van der Waals surface area contributed by atoms with E-state index in [4.69, 9.17) is 24.3 Å². The van der Waals surface area contributed by atoms with E-state index in [1.165, 1.54) is 127 Å². The van der Waals surface area contributed by atoms with E-state index in [2.05, 4.69) is 23.1 Å². The van der Waals surface area contributed by atoms with Crippen LogP contribution in [0.2, 0.25) is 0 Å². The Morgan fingerprint density at radius 2 is 1.29 bits per heavy atom. The number of nitrogen functional groups attached to an aromatic ring is 1. The minimum atomic E-state index is -5.32. The molecule has 1 saturated heterocycles. The van der Waals surface area contributed by atoms with Gasteiger partial charge in [-0.25, -0.2) is 13.9 Å². The standard InChI is InChI=1S/C40H75N3O13P2S/c1-3-5-7-9-11-13-14-15-16-17-19-21-23-25-29-59-32-33(54-36(44)26-24-22-20-18-12-10-8-6-4-2)30-52-57(48,49)56-58(50,51)53-31-34-37(45)38(46)39(55-34)43-28-27-35(41)42-40(43)47/h27-28,33-34,37-39,45-46H,3-26,29-32H2,1-2H3,(H,48,49)(H,50,51)(H2,41,42,47)/t33?,34-,37-,38+,39-/m1/s1. The maximum atomic E-state index is 12.8. The SMILES string of the molecule is CCCCCCCCCCCCCCCCSCC(COP(=O)(O)OP(=O)(O)OC[C@H]1O[C@@H](n2ccc(N)nc2=O)[C@@H](O)[C@@H]1O)OC(=O)CCCCCCCCCCC. The molecule has 1 aromatic heterocycles. The molecule has 344 valence electrons. The van der Waals surface area contributed by atoms with Crippen molar-refractivity contribution >= 4 is 39.2 Å². The minimum Gasteiger partial charge on any atom is -0.459 e. The van der Waals surface area contributed by atoms with Crippen molar-refractivity contribution in [3.05, 3.63) is 22.7 Å². The number of nitrogens with zero attached hydrogens (tertiary/aromatic N) is 2. The van der Waals surface area contributed by atoms with Crippen LogP contribution in [0.3, 0.4) is 0 Å². The number of aliphatic hydroxyl groups is 2. The number of aromatic nitrogens is 2. The average Bonchev–Trinajstić information content (AvgIpc) is 3.46. The van der Waals surface area contributed by atoms with E-state index in [0.29, 0.717) is 6.42 Å². The summed E-state index contributed by atoms with van der Waals surface area (Å²) in [5.74, 6) is 0.537. The van der Waals surface area contributed by atoms with Gasteiger partial charge < -0.3 is 35.2 Å². The quantitative estimate of drug-likeness (QED) is 0.0238. The van der Waals surface area contributed by atoms with E-state index in [1.54, 1.807) is 0 Å². The van der Waals surface area contributed by atoms with Crippen molar-refractivity contribution in [2.24, 2.45) is 0 Å². The molecule has 19 heteroatoms. The Hall–Kier alpha value is -1.36. The molecule has 0 saturated carbocycles. The van der Waals surface area contributed by atoms with Crippen molar-refractivity contribution in [2.45, 2.75) is 199 Å². The van der Waals surface area contributed by atoms with Crippen molar-refractivity contribution in [3.63, 3.8) is 0 Å². The van der Waals surface area contributed by atoms with Crippen LogP contribution >= 0.6 is 27.4 Å². The summed E-state index contributed by atoms with van der Waals surface area (Å²) in [4.78, 5) is 49.1. The molecule has 0 spiro atoms. The number of aliphatic hydroxyl groups excluding tert-OH is 2. The summed E-state index contributed by atoms with van der Waals surface area (Å²) in [6.45, 7) is 2.97. The van der Waals surface area contributed by atoms with Gasteiger partial charge in [-0.2, -0.15) is 21.1 Å². The van der Waals surface area contributed by atoms with Crippen molar-refractivity contribution in [1.29, 1.82) is 0 Å². The Balaban J connectivity index is 1.79. The summed E-state index contributed by atoms with van der Waals surface area (Å²) in [5.41, 5.74) is 4.61. The van der Waals surface area contributed by atoms with Gasteiger partial charge in [0.25, 0.3) is 0 Å². The molecule has 3 unspecified atom stereocenters. The van der Waals surface area contributed by atoms with Crippen LogP contribution in [0.4, 0.5) is 5.82 Å². The number of thioether (sulfide) groups is 1. The van der Waals surface area contributed by atoms with Crippen LogP contribution in [0, 0.1) is 0 Å². The fraction of sp³-hybridized carbons (Fsp3) is 0.875. The largest absolute Gasteiger partial charge is 0.481 e. The number of anilines is 1. The summed E-state index contributed by atoms with van der Waals surface area (Å²) < 4.78 is 51.7. The van der Waals surface area contributed by atoms with Crippen molar-refractivity contribution in [3.8, 4) is 0 Å². The van der Waals surface area contributed by atoms with E-state index in [0.717, 1.165) is 48.8 Å². The predicted octanol–water partition coefficient (Wildman–Crippen LogP) is 8.74. The van der Waals surface area contributed by atoms with Gasteiger partial charge >= 0.3 is 27.3 Å². The third kappa shape index (κ3) is 24.8. The molecule has 1 aromatic rings. The smallest absolute Gasteiger partial charge is 0.459 e. The number of nitrogens with two attached hydrogens (primary N) is 1. The van der Waals surface area contributed by atoms with Gasteiger partial charge in [0.1, 0.15) is 30.2 Å². The van der Waals surface area contributed by atoms with Gasteiger partial charge in [0.05, 0.1) is 13.2 Å². The normalized spacial score (nSPS) is 20.6. The lowest BCUT2D eigenvalue weighted by Gasteiger charge is -2.21. The molecule has 0 bridgehead atoms. The predicted molar refractivity (Wildman–Crippen MR) is 231 cm³/mol. The van der Waals surface area contributed by atoms with E-state index < -0.39 is 71.2 Å². The van der Waals surface area contributed by atoms with Crippen LogP contribution in [-0.4, -0.2) is 84.7 Å². The molecule has 0 aliphatic carbocycles. The first-order valence-electron chi connectivity index (χ1n) is 22.1. The zero-order valence-electron chi connectivity index (χ0n) is 35.6. The van der Waals surface area contributed by atoms with E-state index in [-0.39, 0.29) is 18.0 Å². The number of rotatable bonds is 37. The Morgan fingerprint density at radius 3 is 1.81 bits per heavy atom. The fourth-order valence-corrected chi connectivity index (χ4v) is 9.91. The molecular weight excluding hydrogens is 824 g/mol. The Kier molecular flexibility index (Phi) is 28.7. The molecule has 1 fully saturated rings. The molecule has 16 nitrogen and oxygen atoms in total. The van der Waals surface area contributed by atoms with Crippen molar-refractivity contribution in [1.82, 2.24) is 9.55 Å². The van der Waals surface area contributed by atoms with Gasteiger partial charge in [-0.05, 0) is 24.7 Å². The molecule has 2 heterocycles. The van der Waals surface area contributed by atoms with E-state index >= 15 is 0 Å². The van der Waals surface area contributed by atoms with Crippen LogP contribution in [0.1, 0.15) is 174 Å². The number of esters is 1. The number of hydrogen-bond acceptors (Lipinski definition) is 14. The highest BCUT2D eigenvalue weighted by atomic mass is 32.2. The first-order valence-corrected chi connectivity index (χ1v) is 26.2. The number of unbranched alkanes of at least 4 members (excludes halogenated alkanes) is 21. The number of ether oxygens (including phenoxy) is 2. The number of hydrogen-bond donors (Lipinski definition) is 5. The van der Waals surface area contributed by atoms with Crippen molar-refractivity contribution in [2.75, 3.05) is 30.5 Å². The molecule has 59 heavy (non-hydrogen) atoms. The maximum absolute atomic E-state index is 12.8. The fourth-order valence-electron chi connectivity index (χ4n) is 6.79. The van der Waals surface area contributed by atoms with Crippen LogP contribution in [0.15, 0.2) is 17.1 Å². The molecule has 1 aliphatic heterocycles. The van der Waals surface area contributed by atoms with Gasteiger partial charge in [-0.1, -0.05) is 149 Å². The molecule has 1 aliphatic rings.